The number of halogens is 3. The molecule has 4 heteroatoms. The molecular weight excluding hydrogens is 504 g/mol. The van der Waals surface area contributed by atoms with Crippen LogP contribution in [0.25, 0.3) is 0 Å². The molecule has 0 N–H and O–H groups in total. The van der Waals surface area contributed by atoms with Gasteiger partial charge in [-0.2, -0.15) is 0 Å². The Bertz CT molecular complexity index is 730. The molecule has 0 saturated carbocycles. The first-order chi connectivity index (χ1) is 11.7. The van der Waals surface area contributed by atoms with Gasteiger partial charge in [-0.3, -0.25) is 0 Å². The van der Waals surface area contributed by atoms with Crippen LogP contribution in [0.2, 0.25) is 0 Å². The second kappa shape index (κ2) is 7.34. The Hall–Kier alpha value is -1.89. The van der Waals surface area contributed by atoms with Crippen LogP contribution in [-0.4, -0.2) is 21.2 Å². The first-order valence-electron chi connectivity index (χ1n) is 7.55. The summed E-state index contributed by atoms with van der Waals surface area (Å²) in [5.74, 6) is 0. The molecule has 0 saturated heterocycles. The molecule has 0 amide bonds. The van der Waals surface area contributed by atoms with E-state index in [0.717, 1.165) is 0 Å². The SMILES string of the molecule is FC(F)=[C](F)[Pb]([c]1ccccc1)([c]1ccccc1)[c]1ccccc1. The van der Waals surface area contributed by atoms with Crippen LogP contribution in [0.1, 0.15) is 0 Å². The molecule has 3 aromatic carbocycles. The Morgan fingerprint density at radius 2 is 0.792 bits per heavy atom. The number of hydrogen-bond acceptors (Lipinski definition) is 0. The summed E-state index contributed by atoms with van der Waals surface area (Å²) in [7, 11) is 0. The second-order valence-corrected chi connectivity index (χ2v) is 19.7. The summed E-state index contributed by atoms with van der Waals surface area (Å²) in [5.41, 5.74) is 0. The van der Waals surface area contributed by atoms with Gasteiger partial charge in [0, 0.05) is 0 Å². The van der Waals surface area contributed by atoms with Crippen molar-refractivity contribution >= 4 is 30.5 Å². The van der Waals surface area contributed by atoms with Gasteiger partial charge in [0.25, 0.3) is 0 Å². The summed E-state index contributed by atoms with van der Waals surface area (Å²) in [6, 6.07) is 26.7. The van der Waals surface area contributed by atoms with E-state index >= 15 is 4.39 Å². The van der Waals surface area contributed by atoms with Crippen molar-refractivity contribution in [2.45, 2.75) is 0 Å². The number of rotatable bonds is 4. The average Bonchev–Trinajstić information content (AvgIpc) is 2.65. The van der Waals surface area contributed by atoms with Crippen LogP contribution >= 0.6 is 0 Å². The van der Waals surface area contributed by atoms with Gasteiger partial charge < -0.3 is 0 Å². The summed E-state index contributed by atoms with van der Waals surface area (Å²) in [5, 5.41) is 0. The summed E-state index contributed by atoms with van der Waals surface area (Å²) < 4.78 is 43.0. The molecule has 0 atom stereocenters. The first kappa shape index (κ1) is 17.0. The van der Waals surface area contributed by atoms with E-state index in [4.69, 9.17) is 0 Å². The standard InChI is InChI=1S/3C6H5.C2F3.Pb/c3*1-2-4-6-5-3-1;3-1-2(4)5;/h3*1-5H;;. The predicted octanol–water partition coefficient (Wildman–Crippen LogP) is 3.77. The average molecular weight is 520 g/mol. The zero-order valence-corrected chi connectivity index (χ0v) is 16.7. The Morgan fingerprint density at radius 1 is 0.500 bits per heavy atom. The van der Waals surface area contributed by atoms with Crippen LogP contribution in [0.3, 0.4) is 0 Å². The van der Waals surface area contributed by atoms with Crippen molar-refractivity contribution in [3.63, 3.8) is 0 Å². The van der Waals surface area contributed by atoms with Crippen molar-refractivity contribution in [3.05, 3.63) is 100 Å². The van der Waals surface area contributed by atoms with Crippen molar-refractivity contribution in [3.8, 4) is 0 Å². The van der Waals surface area contributed by atoms with Crippen LogP contribution in [0, 0.1) is 0 Å². The van der Waals surface area contributed by atoms with Gasteiger partial charge in [0.15, 0.2) is 0 Å². The van der Waals surface area contributed by atoms with Gasteiger partial charge in [-0.15, -0.1) is 0 Å². The van der Waals surface area contributed by atoms with E-state index in [9.17, 15) is 8.78 Å². The second-order valence-electron chi connectivity index (χ2n) is 5.42. The topological polar surface area (TPSA) is 0 Å². The van der Waals surface area contributed by atoms with Crippen LogP contribution in [0.4, 0.5) is 13.2 Å². The maximum atomic E-state index is 15.1. The Kier molecular flexibility index (Phi) is 5.18. The maximum absolute atomic E-state index is 15.1. The molecule has 24 heavy (non-hydrogen) atoms. The molecule has 0 heterocycles. The molecule has 3 aromatic rings. The quantitative estimate of drug-likeness (QED) is 0.461. The molecule has 0 nitrogen and oxygen atoms in total. The van der Waals surface area contributed by atoms with E-state index in [2.05, 4.69) is 0 Å². The molecule has 0 aliphatic carbocycles. The fraction of sp³-hybridized carbons (Fsp3) is 0. The van der Waals surface area contributed by atoms with Crippen molar-refractivity contribution in [1.29, 1.82) is 0 Å². The number of hydrogen-bond donors (Lipinski definition) is 0. The van der Waals surface area contributed by atoms with Crippen LogP contribution in [-0.2, 0) is 0 Å². The van der Waals surface area contributed by atoms with E-state index in [1.807, 2.05) is 18.2 Å². The van der Waals surface area contributed by atoms with Crippen molar-refractivity contribution in [2.75, 3.05) is 0 Å². The van der Waals surface area contributed by atoms with Gasteiger partial charge in [0.1, 0.15) is 0 Å². The minimum absolute atomic E-state index is 0.674. The normalized spacial score (nSPS) is 11.1. The molecule has 0 spiro atoms. The van der Waals surface area contributed by atoms with E-state index < -0.39 is 30.6 Å². The van der Waals surface area contributed by atoms with Gasteiger partial charge in [-0.05, 0) is 0 Å². The van der Waals surface area contributed by atoms with Crippen LogP contribution in [0.5, 0.6) is 0 Å². The van der Waals surface area contributed by atoms with Gasteiger partial charge in [-0.25, -0.2) is 0 Å². The molecule has 0 unspecified atom stereocenters. The van der Waals surface area contributed by atoms with Gasteiger partial charge >= 0.3 is 144 Å². The fourth-order valence-corrected chi connectivity index (χ4v) is 19.1. The third-order valence-electron chi connectivity index (χ3n) is 4.12. The fourth-order valence-electron chi connectivity index (χ4n) is 3.09. The third-order valence-corrected chi connectivity index (χ3v) is 21.4. The summed E-state index contributed by atoms with van der Waals surface area (Å²) in [6.07, 6.45) is -2.21. The molecule has 0 radical (unpaired) electrons. The third kappa shape index (κ3) is 2.93. The molecule has 0 aliphatic heterocycles. The van der Waals surface area contributed by atoms with Gasteiger partial charge in [0.05, 0.1) is 0 Å². The molecule has 0 fully saturated rings. The molecule has 3 rings (SSSR count). The molecular formula is C20H15F3Pb. The van der Waals surface area contributed by atoms with Crippen LogP contribution in [0.15, 0.2) is 100 Å². The van der Waals surface area contributed by atoms with Crippen LogP contribution < -0.4 is 9.37 Å². The summed E-state index contributed by atoms with van der Waals surface area (Å²) >= 11 is -4.80. The molecule has 0 aliphatic rings. The Morgan fingerprint density at radius 3 is 1.04 bits per heavy atom. The van der Waals surface area contributed by atoms with Crippen molar-refractivity contribution in [2.24, 2.45) is 0 Å². The molecule has 0 bridgehead atoms. The molecule has 0 aromatic heterocycles. The van der Waals surface area contributed by atoms with Crippen molar-refractivity contribution in [1.82, 2.24) is 0 Å². The zero-order valence-electron chi connectivity index (χ0n) is 12.8. The summed E-state index contributed by atoms with van der Waals surface area (Å²) in [4.78, 5) is 0. The zero-order chi connectivity index (χ0) is 17.0. The monoisotopic (exact) mass is 520 g/mol. The summed E-state index contributed by atoms with van der Waals surface area (Å²) in [6.45, 7) is 0. The van der Waals surface area contributed by atoms with E-state index in [1.54, 1.807) is 72.8 Å². The predicted molar refractivity (Wildman–Crippen MR) is 94.3 cm³/mol. The molecule has 120 valence electrons. The minimum atomic E-state index is -4.80. The first-order valence-corrected chi connectivity index (χ1v) is 15.3. The Labute approximate surface area is 143 Å². The number of benzene rings is 3. The van der Waals surface area contributed by atoms with E-state index in [0.29, 0.717) is 9.37 Å². The van der Waals surface area contributed by atoms with E-state index in [1.165, 1.54) is 0 Å². The van der Waals surface area contributed by atoms with Gasteiger partial charge in [-0.1, -0.05) is 0 Å². The van der Waals surface area contributed by atoms with E-state index in [-0.39, 0.29) is 0 Å². The van der Waals surface area contributed by atoms with Gasteiger partial charge in [0.2, 0.25) is 0 Å². The Balaban J connectivity index is 2.45. The van der Waals surface area contributed by atoms with Crippen molar-refractivity contribution < 1.29 is 13.2 Å².